The molecule has 146 valence electrons. The number of aryl methyl sites for hydroxylation is 1. The minimum atomic E-state index is 0.561. The van der Waals surface area contributed by atoms with Crippen LogP contribution in [-0.4, -0.2) is 38.8 Å². The maximum atomic E-state index is 6.28. The van der Waals surface area contributed by atoms with Crippen molar-refractivity contribution in [3.8, 4) is 11.5 Å². The van der Waals surface area contributed by atoms with Crippen LogP contribution < -0.4 is 20.1 Å². The molecule has 0 saturated heterocycles. The second-order valence-electron chi connectivity index (χ2n) is 6.11. The van der Waals surface area contributed by atoms with Gasteiger partial charge in [-0.25, -0.2) is 0 Å². The lowest BCUT2D eigenvalue weighted by atomic mass is 10.1. The standard InChI is InChI=1S/C20H27ClN4O2/c1-13-11-24-18(14(2)19(13)27-5)12-25-20(22-3)23-9-8-15-6-7-16(26-4)10-17(15)21/h6-7,10-11H,8-9,12H2,1-5H3,(H2,22,23,25). The molecule has 0 saturated carbocycles. The van der Waals surface area contributed by atoms with Gasteiger partial charge in [0.2, 0.25) is 0 Å². The van der Waals surface area contributed by atoms with E-state index in [0.717, 1.165) is 40.3 Å². The van der Waals surface area contributed by atoms with Crippen LogP contribution in [0.2, 0.25) is 5.02 Å². The van der Waals surface area contributed by atoms with E-state index in [-0.39, 0.29) is 0 Å². The SMILES string of the molecule is CN=C(NCCc1ccc(OC)cc1Cl)NCc1ncc(C)c(OC)c1C. The molecule has 0 bridgehead atoms. The van der Waals surface area contributed by atoms with Crippen LogP contribution in [0, 0.1) is 13.8 Å². The number of hydrogen-bond acceptors (Lipinski definition) is 4. The Labute approximate surface area is 166 Å². The molecule has 0 aliphatic carbocycles. The number of nitrogens with one attached hydrogen (secondary N) is 2. The average molecular weight is 391 g/mol. The fourth-order valence-electron chi connectivity index (χ4n) is 2.81. The number of benzene rings is 1. The van der Waals surface area contributed by atoms with Crippen LogP contribution in [0.25, 0.3) is 0 Å². The maximum Gasteiger partial charge on any atom is 0.191 e. The van der Waals surface area contributed by atoms with Gasteiger partial charge in [-0.05, 0) is 38.0 Å². The fourth-order valence-corrected chi connectivity index (χ4v) is 3.08. The number of hydrogen-bond donors (Lipinski definition) is 2. The first-order valence-electron chi connectivity index (χ1n) is 8.76. The van der Waals surface area contributed by atoms with E-state index in [1.54, 1.807) is 21.3 Å². The van der Waals surface area contributed by atoms with Crippen molar-refractivity contribution in [2.24, 2.45) is 4.99 Å². The van der Waals surface area contributed by atoms with Crippen LogP contribution in [0.3, 0.4) is 0 Å². The van der Waals surface area contributed by atoms with E-state index in [0.29, 0.717) is 24.1 Å². The van der Waals surface area contributed by atoms with Gasteiger partial charge >= 0.3 is 0 Å². The molecule has 2 N–H and O–H groups in total. The van der Waals surface area contributed by atoms with Gasteiger partial charge in [-0.2, -0.15) is 0 Å². The van der Waals surface area contributed by atoms with Gasteiger partial charge in [-0.1, -0.05) is 17.7 Å². The topological polar surface area (TPSA) is 67.8 Å². The Kier molecular flexibility index (Phi) is 7.73. The first-order chi connectivity index (χ1) is 13.0. The second-order valence-corrected chi connectivity index (χ2v) is 6.51. The number of aliphatic imine (C=N–C) groups is 1. The number of aromatic nitrogens is 1. The predicted octanol–water partition coefficient (Wildman–Crippen LogP) is 3.28. The summed E-state index contributed by atoms with van der Waals surface area (Å²) in [6.45, 7) is 5.26. The highest BCUT2D eigenvalue weighted by Crippen LogP contribution is 2.24. The third-order valence-corrected chi connectivity index (χ3v) is 4.70. The highest BCUT2D eigenvalue weighted by atomic mass is 35.5. The number of ether oxygens (including phenoxy) is 2. The van der Waals surface area contributed by atoms with E-state index in [9.17, 15) is 0 Å². The molecule has 7 heteroatoms. The van der Waals surface area contributed by atoms with Crippen molar-refractivity contribution in [1.82, 2.24) is 15.6 Å². The molecule has 0 spiro atoms. The van der Waals surface area contributed by atoms with Gasteiger partial charge in [0.1, 0.15) is 11.5 Å². The van der Waals surface area contributed by atoms with Crippen LogP contribution in [-0.2, 0) is 13.0 Å². The lowest BCUT2D eigenvalue weighted by Crippen LogP contribution is -2.38. The number of pyridine rings is 1. The van der Waals surface area contributed by atoms with Crippen molar-refractivity contribution < 1.29 is 9.47 Å². The zero-order valence-electron chi connectivity index (χ0n) is 16.5. The minimum Gasteiger partial charge on any atom is -0.497 e. The van der Waals surface area contributed by atoms with Gasteiger partial charge < -0.3 is 20.1 Å². The van der Waals surface area contributed by atoms with Crippen molar-refractivity contribution in [3.05, 3.63) is 51.8 Å². The summed E-state index contributed by atoms with van der Waals surface area (Å²) in [5.74, 6) is 2.34. The Balaban J connectivity index is 1.90. The molecule has 0 fully saturated rings. The van der Waals surface area contributed by atoms with Crippen molar-refractivity contribution in [1.29, 1.82) is 0 Å². The zero-order valence-corrected chi connectivity index (χ0v) is 17.3. The first kappa shape index (κ1) is 20.8. The van der Waals surface area contributed by atoms with Crippen LogP contribution in [0.15, 0.2) is 29.4 Å². The summed E-state index contributed by atoms with van der Waals surface area (Å²) in [5.41, 5.74) is 4.04. The molecule has 1 heterocycles. The molecule has 0 aliphatic heterocycles. The summed E-state index contributed by atoms with van der Waals surface area (Å²) < 4.78 is 10.6. The van der Waals surface area contributed by atoms with E-state index in [4.69, 9.17) is 21.1 Å². The molecule has 0 unspecified atom stereocenters. The van der Waals surface area contributed by atoms with Crippen molar-refractivity contribution >= 4 is 17.6 Å². The van der Waals surface area contributed by atoms with Gasteiger partial charge in [0.05, 0.1) is 26.5 Å². The number of guanidine groups is 1. The summed E-state index contributed by atoms with van der Waals surface area (Å²) >= 11 is 6.28. The van der Waals surface area contributed by atoms with Gasteiger partial charge in [-0.3, -0.25) is 9.98 Å². The summed E-state index contributed by atoms with van der Waals surface area (Å²) in [5, 5.41) is 7.28. The summed E-state index contributed by atoms with van der Waals surface area (Å²) in [4.78, 5) is 8.75. The number of rotatable bonds is 7. The monoisotopic (exact) mass is 390 g/mol. The Bertz CT molecular complexity index is 809. The Morgan fingerprint density at radius 1 is 1.19 bits per heavy atom. The van der Waals surface area contributed by atoms with Gasteiger partial charge in [-0.15, -0.1) is 0 Å². The molecule has 0 aliphatic rings. The highest BCUT2D eigenvalue weighted by molar-refractivity contribution is 6.31. The fraction of sp³-hybridized carbons (Fsp3) is 0.400. The van der Waals surface area contributed by atoms with Crippen molar-refractivity contribution in [3.63, 3.8) is 0 Å². The molecular weight excluding hydrogens is 364 g/mol. The Morgan fingerprint density at radius 2 is 1.96 bits per heavy atom. The highest BCUT2D eigenvalue weighted by Gasteiger charge is 2.10. The molecule has 1 aromatic carbocycles. The van der Waals surface area contributed by atoms with E-state index in [1.165, 1.54) is 0 Å². The predicted molar refractivity (Wildman–Crippen MR) is 110 cm³/mol. The van der Waals surface area contributed by atoms with E-state index < -0.39 is 0 Å². The molecular formula is C20H27ClN4O2. The van der Waals surface area contributed by atoms with Crippen molar-refractivity contribution in [2.45, 2.75) is 26.8 Å². The first-order valence-corrected chi connectivity index (χ1v) is 9.14. The quantitative estimate of drug-likeness (QED) is 0.561. The van der Waals surface area contributed by atoms with Gasteiger partial charge in [0.25, 0.3) is 0 Å². The van der Waals surface area contributed by atoms with Crippen LogP contribution in [0.5, 0.6) is 11.5 Å². The third kappa shape index (κ3) is 5.50. The van der Waals surface area contributed by atoms with Crippen LogP contribution >= 0.6 is 11.6 Å². The number of methoxy groups -OCH3 is 2. The van der Waals surface area contributed by atoms with Crippen molar-refractivity contribution in [2.75, 3.05) is 27.8 Å². The Hall–Kier alpha value is -2.47. The molecule has 27 heavy (non-hydrogen) atoms. The molecule has 2 rings (SSSR count). The lowest BCUT2D eigenvalue weighted by Gasteiger charge is -2.15. The molecule has 0 atom stereocenters. The van der Waals surface area contributed by atoms with E-state index in [2.05, 4.69) is 20.6 Å². The Morgan fingerprint density at radius 3 is 2.59 bits per heavy atom. The largest absolute Gasteiger partial charge is 0.497 e. The summed E-state index contributed by atoms with van der Waals surface area (Å²) in [6.07, 6.45) is 2.60. The zero-order chi connectivity index (χ0) is 19.8. The molecule has 1 aromatic heterocycles. The average Bonchev–Trinajstić information content (AvgIpc) is 2.67. The normalized spacial score (nSPS) is 11.3. The summed E-state index contributed by atoms with van der Waals surface area (Å²) in [7, 11) is 5.05. The van der Waals surface area contributed by atoms with Crippen LogP contribution in [0.1, 0.15) is 22.4 Å². The number of halogens is 1. The van der Waals surface area contributed by atoms with E-state index in [1.807, 2.05) is 38.2 Å². The smallest absolute Gasteiger partial charge is 0.191 e. The molecule has 2 aromatic rings. The van der Waals surface area contributed by atoms with Crippen LogP contribution in [0.4, 0.5) is 0 Å². The van der Waals surface area contributed by atoms with Gasteiger partial charge in [0.15, 0.2) is 5.96 Å². The number of nitrogens with zero attached hydrogens (tertiary/aromatic N) is 2. The minimum absolute atomic E-state index is 0.561. The maximum absolute atomic E-state index is 6.28. The molecule has 0 radical (unpaired) electrons. The molecule has 0 amide bonds. The van der Waals surface area contributed by atoms with E-state index >= 15 is 0 Å². The molecule has 6 nitrogen and oxygen atoms in total. The lowest BCUT2D eigenvalue weighted by molar-refractivity contribution is 0.406. The van der Waals surface area contributed by atoms with Gasteiger partial charge in [0, 0.05) is 35.9 Å². The summed E-state index contributed by atoms with van der Waals surface area (Å²) in [6, 6.07) is 5.71. The second kappa shape index (κ2) is 10.0. The third-order valence-electron chi connectivity index (χ3n) is 4.34.